The number of rotatable bonds is 6. The van der Waals surface area contributed by atoms with Crippen LogP contribution in [-0.2, 0) is 0 Å². The normalized spacial score (nSPS) is 12.2. The van der Waals surface area contributed by atoms with E-state index >= 15 is 0 Å². The third-order valence-electron chi connectivity index (χ3n) is 3.03. The lowest BCUT2D eigenvalue weighted by Gasteiger charge is -2.14. The number of hydrogen-bond acceptors (Lipinski definition) is 2. The number of nitrogens with one attached hydrogen (secondary N) is 1. The monoisotopic (exact) mass is 253 g/mol. The van der Waals surface area contributed by atoms with Gasteiger partial charge in [0.15, 0.2) is 0 Å². The first-order valence-corrected chi connectivity index (χ1v) is 6.23. The standard InChI is InChI=1S/C14H20FNO2/c1-3-11(6-7-17)9-16-14(18)12-8-10(2)4-5-13(12)15/h4-5,8,11,17H,3,6-7,9H2,1-2H3,(H,16,18). The maximum absolute atomic E-state index is 13.5. The van der Waals surface area contributed by atoms with Crippen molar-refractivity contribution in [3.63, 3.8) is 0 Å². The van der Waals surface area contributed by atoms with Gasteiger partial charge in [-0.1, -0.05) is 25.0 Å². The van der Waals surface area contributed by atoms with Crippen LogP contribution in [0, 0.1) is 18.7 Å². The van der Waals surface area contributed by atoms with Gasteiger partial charge in [-0.05, 0) is 31.4 Å². The average molecular weight is 253 g/mol. The molecule has 2 N–H and O–H groups in total. The molecule has 0 aliphatic heterocycles. The van der Waals surface area contributed by atoms with Crippen LogP contribution in [0.25, 0.3) is 0 Å². The Morgan fingerprint density at radius 2 is 2.22 bits per heavy atom. The Morgan fingerprint density at radius 1 is 1.50 bits per heavy atom. The number of aliphatic hydroxyl groups is 1. The van der Waals surface area contributed by atoms with Crippen LogP contribution in [0.2, 0.25) is 0 Å². The molecule has 3 nitrogen and oxygen atoms in total. The van der Waals surface area contributed by atoms with Crippen LogP contribution in [0.3, 0.4) is 0 Å². The molecule has 0 saturated carbocycles. The molecule has 0 heterocycles. The molecule has 0 aliphatic rings. The van der Waals surface area contributed by atoms with E-state index in [1.54, 1.807) is 6.07 Å². The number of halogens is 1. The highest BCUT2D eigenvalue weighted by atomic mass is 19.1. The summed E-state index contributed by atoms with van der Waals surface area (Å²) in [5.74, 6) is -0.673. The predicted octanol–water partition coefficient (Wildman–Crippen LogP) is 2.27. The van der Waals surface area contributed by atoms with Gasteiger partial charge >= 0.3 is 0 Å². The molecule has 0 fully saturated rings. The zero-order chi connectivity index (χ0) is 13.5. The fourth-order valence-corrected chi connectivity index (χ4v) is 1.78. The van der Waals surface area contributed by atoms with Gasteiger partial charge in [0.2, 0.25) is 0 Å². The fraction of sp³-hybridized carbons (Fsp3) is 0.500. The Balaban J connectivity index is 2.62. The smallest absolute Gasteiger partial charge is 0.254 e. The molecule has 0 bridgehead atoms. The minimum atomic E-state index is -0.506. The van der Waals surface area contributed by atoms with Crippen molar-refractivity contribution < 1.29 is 14.3 Å². The van der Waals surface area contributed by atoms with Gasteiger partial charge in [-0.3, -0.25) is 4.79 Å². The molecule has 18 heavy (non-hydrogen) atoms. The number of benzene rings is 1. The van der Waals surface area contributed by atoms with Crippen molar-refractivity contribution in [2.24, 2.45) is 5.92 Å². The Labute approximate surface area is 107 Å². The number of carbonyl (C=O) groups is 1. The van der Waals surface area contributed by atoms with Crippen molar-refractivity contribution in [2.45, 2.75) is 26.7 Å². The molecule has 1 atom stereocenters. The fourth-order valence-electron chi connectivity index (χ4n) is 1.78. The van der Waals surface area contributed by atoms with E-state index in [0.29, 0.717) is 13.0 Å². The van der Waals surface area contributed by atoms with E-state index in [1.165, 1.54) is 12.1 Å². The van der Waals surface area contributed by atoms with Gasteiger partial charge in [0.05, 0.1) is 5.56 Å². The molecule has 0 aliphatic carbocycles. The van der Waals surface area contributed by atoms with Gasteiger partial charge in [-0.2, -0.15) is 0 Å². The average Bonchev–Trinajstić information content (AvgIpc) is 2.37. The summed E-state index contributed by atoms with van der Waals surface area (Å²) >= 11 is 0. The second-order valence-corrected chi connectivity index (χ2v) is 4.48. The summed E-state index contributed by atoms with van der Waals surface area (Å²) in [6.45, 7) is 4.38. The summed E-state index contributed by atoms with van der Waals surface area (Å²) in [5, 5.41) is 11.6. The van der Waals surface area contributed by atoms with Crippen LogP contribution in [-0.4, -0.2) is 24.2 Å². The van der Waals surface area contributed by atoms with Crippen LogP contribution >= 0.6 is 0 Å². The molecule has 1 aromatic carbocycles. The highest BCUT2D eigenvalue weighted by Crippen LogP contribution is 2.11. The molecule has 1 aromatic rings. The van der Waals surface area contributed by atoms with Gasteiger partial charge < -0.3 is 10.4 Å². The van der Waals surface area contributed by atoms with E-state index in [-0.39, 0.29) is 18.1 Å². The first-order chi connectivity index (χ1) is 8.58. The molecule has 0 spiro atoms. The number of hydrogen-bond donors (Lipinski definition) is 2. The molecular formula is C14H20FNO2. The first kappa shape index (κ1) is 14.6. The number of carbonyl (C=O) groups excluding carboxylic acids is 1. The SMILES string of the molecule is CCC(CCO)CNC(=O)c1cc(C)ccc1F. The van der Waals surface area contributed by atoms with E-state index in [1.807, 2.05) is 13.8 Å². The molecule has 0 radical (unpaired) electrons. The summed E-state index contributed by atoms with van der Waals surface area (Å²) in [6.07, 6.45) is 1.52. The quantitative estimate of drug-likeness (QED) is 0.817. The zero-order valence-electron chi connectivity index (χ0n) is 10.9. The molecule has 4 heteroatoms. The highest BCUT2D eigenvalue weighted by Gasteiger charge is 2.13. The van der Waals surface area contributed by atoms with E-state index < -0.39 is 11.7 Å². The number of aryl methyl sites for hydroxylation is 1. The van der Waals surface area contributed by atoms with Gasteiger partial charge in [-0.15, -0.1) is 0 Å². The van der Waals surface area contributed by atoms with Gasteiger partial charge in [0, 0.05) is 13.2 Å². The van der Waals surface area contributed by atoms with Crippen molar-refractivity contribution in [3.05, 3.63) is 35.1 Å². The summed E-state index contributed by atoms with van der Waals surface area (Å²) in [6, 6.07) is 4.47. The van der Waals surface area contributed by atoms with Gasteiger partial charge in [0.1, 0.15) is 5.82 Å². The number of amides is 1. The number of aliphatic hydroxyl groups excluding tert-OH is 1. The van der Waals surface area contributed by atoms with Crippen LogP contribution in [0.5, 0.6) is 0 Å². The molecular weight excluding hydrogens is 233 g/mol. The van der Waals surface area contributed by atoms with E-state index in [0.717, 1.165) is 12.0 Å². The van der Waals surface area contributed by atoms with Crippen LogP contribution < -0.4 is 5.32 Å². The minimum Gasteiger partial charge on any atom is -0.396 e. The maximum atomic E-state index is 13.5. The Hall–Kier alpha value is -1.42. The Kier molecular flexibility index (Phi) is 5.78. The minimum absolute atomic E-state index is 0.0776. The zero-order valence-corrected chi connectivity index (χ0v) is 10.9. The summed E-state index contributed by atoms with van der Waals surface area (Å²) in [7, 11) is 0. The third kappa shape index (κ3) is 4.11. The van der Waals surface area contributed by atoms with Crippen molar-refractivity contribution in [1.82, 2.24) is 5.32 Å². The Bertz CT molecular complexity index is 407. The van der Waals surface area contributed by atoms with Crippen LogP contribution in [0.15, 0.2) is 18.2 Å². The second kappa shape index (κ2) is 7.11. The van der Waals surface area contributed by atoms with Crippen molar-refractivity contribution in [1.29, 1.82) is 0 Å². The van der Waals surface area contributed by atoms with Gasteiger partial charge in [0.25, 0.3) is 5.91 Å². The molecule has 100 valence electrons. The van der Waals surface area contributed by atoms with Crippen LogP contribution in [0.4, 0.5) is 4.39 Å². The lowest BCUT2D eigenvalue weighted by molar-refractivity contribution is 0.0939. The van der Waals surface area contributed by atoms with Crippen LogP contribution in [0.1, 0.15) is 35.7 Å². The lowest BCUT2D eigenvalue weighted by Crippen LogP contribution is -2.30. The maximum Gasteiger partial charge on any atom is 0.254 e. The molecule has 1 rings (SSSR count). The van der Waals surface area contributed by atoms with Crippen molar-refractivity contribution in [3.8, 4) is 0 Å². The molecule has 1 amide bonds. The topological polar surface area (TPSA) is 49.3 Å². The summed E-state index contributed by atoms with van der Waals surface area (Å²) in [4.78, 5) is 11.8. The van der Waals surface area contributed by atoms with Gasteiger partial charge in [-0.25, -0.2) is 4.39 Å². The largest absolute Gasteiger partial charge is 0.396 e. The molecule has 0 aromatic heterocycles. The Morgan fingerprint density at radius 3 is 2.83 bits per heavy atom. The second-order valence-electron chi connectivity index (χ2n) is 4.48. The highest BCUT2D eigenvalue weighted by molar-refractivity contribution is 5.94. The first-order valence-electron chi connectivity index (χ1n) is 6.23. The molecule has 1 unspecified atom stereocenters. The van der Waals surface area contributed by atoms with E-state index in [9.17, 15) is 9.18 Å². The predicted molar refractivity (Wildman–Crippen MR) is 69.0 cm³/mol. The lowest BCUT2D eigenvalue weighted by atomic mass is 10.0. The third-order valence-corrected chi connectivity index (χ3v) is 3.03. The van der Waals surface area contributed by atoms with E-state index in [4.69, 9.17) is 5.11 Å². The summed E-state index contributed by atoms with van der Waals surface area (Å²) in [5.41, 5.74) is 0.929. The van der Waals surface area contributed by atoms with Crippen molar-refractivity contribution >= 4 is 5.91 Å². The van der Waals surface area contributed by atoms with E-state index in [2.05, 4.69) is 5.32 Å². The summed E-state index contributed by atoms with van der Waals surface area (Å²) < 4.78 is 13.5. The molecule has 0 saturated heterocycles. The van der Waals surface area contributed by atoms with Crippen molar-refractivity contribution in [2.75, 3.05) is 13.2 Å².